The van der Waals surface area contributed by atoms with Crippen LogP contribution in [0.1, 0.15) is 12.5 Å². The number of carbonyl (C=O) groups excluding carboxylic acids is 1. The van der Waals surface area contributed by atoms with Gasteiger partial charge in [-0.2, -0.15) is 0 Å². The van der Waals surface area contributed by atoms with E-state index < -0.39 is 6.09 Å². The second-order valence-electron chi connectivity index (χ2n) is 8.99. The Kier molecular flexibility index (Phi) is 5.44. The van der Waals surface area contributed by atoms with E-state index in [0.717, 1.165) is 13.1 Å². The number of ether oxygens (including phenoxy) is 4. The van der Waals surface area contributed by atoms with Crippen LogP contribution in [0, 0.1) is 5.92 Å². The zero-order chi connectivity index (χ0) is 23.9. The summed E-state index contributed by atoms with van der Waals surface area (Å²) in [6, 6.07) is 10.8. The van der Waals surface area contributed by atoms with Gasteiger partial charge < -0.3 is 28.8 Å². The lowest BCUT2D eigenvalue weighted by Gasteiger charge is -2.37. The molecule has 4 heterocycles. The average Bonchev–Trinajstić information content (AvgIpc) is 3.21. The van der Waals surface area contributed by atoms with Gasteiger partial charge in [0.05, 0.1) is 36.6 Å². The molecule has 2 saturated heterocycles. The van der Waals surface area contributed by atoms with Crippen molar-refractivity contribution < 1.29 is 23.7 Å². The number of aromatic nitrogens is 2. The Hall–Kier alpha value is -3.79. The Bertz CT molecular complexity index is 1340. The van der Waals surface area contributed by atoms with Gasteiger partial charge >= 0.3 is 6.09 Å². The average molecular weight is 479 g/mol. The number of anilines is 1. The van der Waals surface area contributed by atoms with Crippen LogP contribution >= 0.6 is 0 Å². The molecule has 3 aliphatic rings. The number of cyclic esters (lactones) is 1. The number of carbonyl (C=O) groups is 1. The summed E-state index contributed by atoms with van der Waals surface area (Å²) in [5.41, 5.74) is 1.93. The number of nitrogens with zero attached hydrogens (tertiary/aromatic N) is 3. The normalized spacial score (nSPS) is 20.4. The molecule has 1 aromatic heterocycles. The molecular formula is C25H26N4O6. The SMILES string of the molecule is COc1ccc2ncc(=O)n(C(CC3CN(c4ccc5c(c4)OCCO5)C(=O)O3)C3CNC3)c2c1. The minimum absolute atomic E-state index is 0.167. The number of nitrogens with one attached hydrogen (secondary N) is 1. The molecule has 2 unspecified atom stereocenters. The summed E-state index contributed by atoms with van der Waals surface area (Å²) in [5, 5.41) is 3.30. The highest BCUT2D eigenvalue weighted by atomic mass is 16.6. The van der Waals surface area contributed by atoms with E-state index in [4.69, 9.17) is 18.9 Å². The van der Waals surface area contributed by atoms with Gasteiger partial charge in [-0.15, -0.1) is 0 Å². The monoisotopic (exact) mass is 478 g/mol. The van der Waals surface area contributed by atoms with E-state index in [0.29, 0.717) is 60.1 Å². The van der Waals surface area contributed by atoms with Gasteiger partial charge in [0.2, 0.25) is 0 Å². The number of methoxy groups -OCH3 is 1. The molecule has 3 aromatic rings. The predicted octanol–water partition coefficient (Wildman–Crippen LogP) is 2.35. The summed E-state index contributed by atoms with van der Waals surface area (Å²) >= 11 is 0. The Morgan fingerprint density at radius 1 is 1.11 bits per heavy atom. The van der Waals surface area contributed by atoms with Crippen LogP contribution in [-0.2, 0) is 4.74 Å². The molecule has 0 saturated carbocycles. The van der Waals surface area contributed by atoms with Gasteiger partial charge in [0.15, 0.2) is 11.5 Å². The topological polar surface area (TPSA) is 104 Å². The van der Waals surface area contributed by atoms with Crippen LogP contribution in [0.25, 0.3) is 11.0 Å². The highest BCUT2D eigenvalue weighted by Crippen LogP contribution is 2.37. The molecule has 0 radical (unpaired) electrons. The van der Waals surface area contributed by atoms with Crippen molar-refractivity contribution in [3.05, 3.63) is 52.9 Å². The number of hydrogen-bond acceptors (Lipinski definition) is 8. The molecule has 35 heavy (non-hydrogen) atoms. The van der Waals surface area contributed by atoms with E-state index in [2.05, 4.69) is 10.3 Å². The van der Waals surface area contributed by atoms with Crippen molar-refractivity contribution in [3.8, 4) is 17.2 Å². The maximum absolute atomic E-state index is 13.1. The molecule has 0 aliphatic carbocycles. The Morgan fingerprint density at radius 2 is 1.94 bits per heavy atom. The molecule has 2 aromatic carbocycles. The first kappa shape index (κ1) is 21.7. The molecule has 10 nitrogen and oxygen atoms in total. The summed E-state index contributed by atoms with van der Waals surface area (Å²) in [4.78, 5) is 31.8. The maximum atomic E-state index is 13.1. The number of benzene rings is 2. The number of hydrogen-bond donors (Lipinski definition) is 1. The quantitative estimate of drug-likeness (QED) is 0.576. The van der Waals surface area contributed by atoms with Crippen LogP contribution in [0.5, 0.6) is 17.2 Å². The summed E-state index contributed by atoms with van der Waals surface area (Å²) < 4.78 is 24.2. The standard InChI is InChI=1S/C25H26N4O6/c1-32-17-3-4-19-21(9-17)29(24(30)13-27-19)20(15-11-26-12-15)10-18-14-28(25(31)35-18)16-2-5-22-23(8-16)34-7-6-33-22/h2-5,8-9,13,15,18,20,26H,6-7,10-12,14H2,1H3. The van der Waals surface area contributed by atoms with E-state index in [1.165, 1.54) is 6.20 Å². The van der Waals surface area contributed by atoms with Crippen LogP contribution in [0.2, 0.25) is 0 Å². The lowest BCUT2D eigenvalue weighted by Crippen LogP contribution is -2.49. The van der Waals surface area contributed by atoms with Crippen LogP contribution < -0.4 is 30.0 Å². The van der Waals surface area contributed by atoms with E-state index in [1.54, 1.807) is 22.6 Å². The summed E-state index contributed by atoms with van der Waals surface area (Å²) in [6.45, 7) is 2.94. The molecule has 3 aliphatic heterocycles. The largest absolute Gasteiger partial charge is 0.497 e. The van der Waals surface area contributed by atoms with Crippen LogP contribution in [-0.4, -0.2) is 61.7 Å². The first-order chi connectivity index (χ1) is 17.1. The van der Waals surface area contributed by atoms with Gasteiger partial charge in [0.25, 0.3) is 5.56 Å². The van der Waals surface area contributed by atoms with Crippen molar-refractivity contribution in [3.63, 3.8) is 0 Å². The van der Waals surface area contributed by atoms with Crippen molar-refractivity contribution in [2.45, 2.75) is 18.6 Å². The van der Waals surface area contributed by atoms with Gasteiger partial charge in [0, 0.05) is 43.6 Å². The molecule has 6 rings (SSSR count). The number of rotatable bonds is 6. The Balaban J connectivity index is 1.30. The maximum Gasteiger partial charge on any atom is 0.414 e. The summed E-state index contributed by atoms with van der Waals surface area (Å²) in [6.07, 6.45) is 1.08. The highest BCUT2D eigenvalue weighted by molar-refractivity contribution is 5.90. The molecule has 182 valence electrons. The van der Waals surface area contributed by atoms with Crippen molar-refractivity contribution >= 4 is 22.8 Å². The minimum Gasteiger partial charge on any atom is -0.497 e. The van der Waals surface area contributed by atoms with E-state index in [1.807, 2.05) is 30.3 Å². The lowest BCUT2D eigenvalue weighted by atomic mass is 9.89. The molecule has 10 heteroatoms. The molecule has 1 N–H and O–H groups in total. The number of amides is 1. The predicted molar refractivity (Wildman–Crippen MR) is 128 cm³/mol. The third kappa shape index (κ3) is 3.93. The molecule has 0 bridgehead atoms. The van der Waals surface area contributed by atoms with Crippen LogP contribution in [0.15, 0.2) is 47.4 Å². The van der Waals surface area contributed by atoms with E-state index in [-0.39, 0.29) is 23.6 Å². The highest BCUT2D eigenvalue weighted by Gasteiger charge is 2.39. The fourth-order valence-electron chi connectivity index (χ4n) is 5.00. The van der Waals surface area contributed by atoms with Gasteiger partial charge in [-0.3, -0.25) is 9.69 Å². The first-order valence-corrected chi connectivity index (χ1v) is 11.7. The third-order valence-electron chi connectivity index (χ3n) is 6.90. The minimum atomic E-state index is -0.411. The molecule has 2 atom stereocenters. The molecule has 1 amide bonds. The van der Waals surface area contributed by atoms with Crippen molar-refractivity contribution in [1.82, 2.24) is 14.9 Å². The number of fused-ring (bicyclic) bond motifs is 2. The lowest BCUT2D eigenvalue weighted by molar-refractivity contribution is 0.108. The first-order valence-electron chi connectivity index (χ1n) is 11.7. The molecular weight excluding hydrogens is 452 g/mol. The molecule has 2 fully saturated rings. The van der Waals surface area contributed by atoms with E-state index >= 15 is 0 Å². The Morgan fingerprint density at radius 3 is 2.71 bits per heavy atom. The van der Waals surface area contributed by atoms with Crippen LogP contribution in [0.4, 0.5) is 10.5 Å². The van der Waals surface area contributed by atoms with Gasteiger partial charge in [-0.1, -0.05) is 0 Å². The van der Waals surface area contributed by atoms with Crippen molar-refractivity contribution in [2.24, 2.45) is 5.92 Å². The second kappa shape index (κ2) is 8.77. The zero-order valence-corrected chi connectivity index (χ0v) is 19.3. The van der Waals surface area contributed by atoms with Crippen molar-refractivity contribution in [1.29, 1.82) is 0 Å². The third-order valence-corrected chi connectivity index (χ3v) is 6.90. The molecule has 0 spiro atoms. The van der Waals surface area contributed by atoms with Crippen LogP contribution in [0.3, 0.4) is 0 Å². The van der Waals surface area contributed by atoms with Gasteiger partial charge in [-0.25, -0.2) is 9.78 Å². The van der Waals surface area contributed by atoms with Crippen molar-refractivity contribution in [2.75, 3.05) is 44.9 Å². The fraction of sp³-hybridized carbons (Fsp3) is 0.400. The second-order valence-corrected chi connectivity index (χ2v) is 8.99. The van der Waals surface area contributed by atoms with Gasteiger partial charge in [0.1, 0.15) is 25.1 Å². The summed E-state index contributed by atoms with van der Waals surface area (Å²) in [7, 11) is 1.59. The smallest absolute Gasteiger partial charge is 0.414 e. The fourth-order valence-corrected chi connectivity index (χ4v) is 5.00. The zero-order valence-electron chi connectivity index (χ0n) is 19.3. The van der Waals surface area contributed by atoms with E-state index in [9.17, 15) is 9.59 Å². The Labute approximate surface area is 201 Å². The summed E-state index contributed by atoms with van der Waals surface area (Å²) in [5.74, 6) is 2.17. The van der Waals surface area contributed by atoms with Gasteiger partial charge in [-0.05, 0) is 24.3 Å².